The Labute approximate surface area is 186 Å². The van der Waals surface area contributed by atoms with Crippen molar-refractivity contribution in [2.24, 2.45) is 0 Å². The highest BCUT2D eigenvalue weighted by Gasteiger charge is 2.22. The van der Waals surface area contributed by atoms with Crippen molar-refractivity contribution < 1.29 is 13.2 Å². The average Bonchev–Trinajstić information content (AvgIpc) is 2.81. The topological polar surface area (TPSA) is 96.2 Å². The smallest absolute Gasteiger partial charge is 0.264 e. The van der Waals surface area contributed by atoms with Gasteiger partial charge in [0.2, 0.25) is 0 Å². The highest BCUT2D eigenvalue weighted by molar-refractivity contribution is 7.92. The first-order chi connectivity index (χ1) is 15.3. The Bertz CT molecular complexity index is 1460. The molecule has 0 saturated carbocycles. The molecular formula is C24H20N4O3S. The number of sulfonamides is 1. The van der Waals surface area contributed by atoms with Gasteiger partial charge in [-0.15, -0.1) is 5.10 Å². The number of hydrogen-bond acceptors (Lipinski definition) is 6. The average molecular weight is 445 g/mol. The van der Waals surface area contributed by atoms with E-state index in [4.69, 9.17) is 4.74 Å². The van der Waals surface area contributed by atoms with E-state index in [1.54, 1.807) is 56.3 Å². The summed E-state index contributed by atoms with van der Waals surface area (Å²) in [6, 6.07) is 21.3. The van der Waals surface area contributed by atoms with Crippen molar-refractivity contribution in [1.82, 2.24) is 10.2 Å². The lowest BCUT2D eigenvalue weighted by molar-refractivity contribution is 0.452. The standard InChI is InChI=1S/C24H20N4O3S/c1-16-17(2)26-27-24(23(16)15-25)31-21-11-9-20(10-12-21)28(3)32(29,30)22-13-8-18-6-4-5-7-19(18)14-22/h4-14H,1-3H3. The molecule has 0 aliphatic heterocycles. The van der Waals surface area contributed by atoms with Crippen LogP contribution in [0.4, 0.5) is 5.69 Å². The van der Waals surface area contributed by atoms with Crippen molar-refractivity contribution in [3.63, 3.8) is 0 Å². The number of anilines is 1. The number of nitriles is 1. The van der Waals surface area contributed by atoms with Gasteiger partial charge in [0.15, 0.2) is 0 Å². The largest absolute Gasteiger partial charge is 0.437 e. The van der Waals surface area contributed by atoms with Crippen molar-refractivity contribution in [1.29, 1.82) is 5.26 Å². The van der Waals surface area contributed by atoms with Crippen LogP contribution in [0.5, 0.6) is 11.6 Å². The number of fused-ring (bicyclic) bond motifs is 1. The lowest BCUT2D eigenvalue weighted by Crippen LogP contribution is -2.26. The van der Waals surface area contributed by atoms with Crippen molar-refractivity contribution >= 4 is 26.5 Å². The van der Waals surface area contributed by atoms with Crippen LogP contribution in [0.25, 0.3) is 10.8 Å². The zero-order valence-corrected chi connectivity index (χ0v) is 18.6. The molecule has 0 unspecified atom stereocenters. The second-order valence-corrected chi connectivity index (χ2v) is 9.25. The molecular weight excluding hydrogens is 424 g/mol. The molecule has 1 heterocycles. The molecule has 0 fully saturated rings. The van der Waals surface area contributed by atoms with Gasteiger partial charge in [-0.2, -0.15) is 10.4 Å². The first kappa shape index (κ1) is 21.3. The van der Waals surface area contributed by atoms with Crippen molar-refractivity contribution in [2.45, 2.75) is 18.7 Å². The second-order valence-electron chi connectivity index (χ2n) is 7.28. The van der Waals surface area contributed by atoms with Crippen LogP contribution < -0.4 is 9.04 Å². The minimum Gasteiger partial charge on any atom is -0.437 e. The summed E-state index contributed by atoms with van der Waals surface area (Å²) in [7, 11) is -2.25. The van der Waals surface area contributed by atoms with Gasteiger partial charge in [-0.25, -0.2) is 8.42 Å². The third kappa shape index (κ3) is 3.86. The fourth-order valence-corrected chi connectivity index (χ4v) is 4.48. The number of aryl methyl sites for hydroxylation is 1. The molecule has 1 aromatic heterocycles. The number of aromatic nitrogens is 2. The molecule has 4 aromatic rings. The maximum Gasteiger partial charge on any atom is 0.264 e. The molecule has 0 aliphatic carbocycles. The summed E-state index contributed by atoms with van der Waals surface area (Å²) >= 11 is 0. The number of rotatable bonds is 5. The Morgan fingerprint density at radius 2 is 1.62 bits per heavy atom. The predicted molar refractivity (Wildman–Crippen MR) is 122 cm³/mol. The predicted octanol–water partition coefficient (Wildman–Crippen LogP) is 4.74. The van der Waals surface area contributed by atoms with Gasteiger partial charge >= 0.3 is 0 Å². The third-order valence-electron chi connectivity index (χ3n) is 5.33. The highest BCUT2D eigenvalue weighted by atomic mass is 32.2. The molecule has 0 amide bonds. The van der Waals surface area contributed by atoms with Crippen LogP contribution in [0.15, 0.2) is 71.6 Å². The number of hydrogen-bond donors (Lipinski definition) is 0. The summed E-state index contributed by atoms with van der Waals surface area (Å²) < 4.78 is 33.2. The zero-order valence-electron chi connectivity index (χ0n) is 17.8. The minimum absolute atomic E-state index is 0.112. The third-order valence-corrected chi connectivity index (χ3v) is 7.11. The van der Waals surface area contributed by atoms with Crippen LogP contribution >= 0.6 is 0 Å². The van der Waals surface area contributed by atoms with Gasteiger partial charge in [-0.05, 0) is 66.6 Å². The fourth-order valence-electron chi connectivity index (χ4n) is 3.25. The van der Waals surface area contributed by atoms with Gasteiger partial charge in [-0.1, -0.05) is 30.3 Å². The number of nitrogens with zero attached hydrogens (tertiary/aromatic N) is 4. The van der Waals surface area contributed by atoms with E-state index in [9.17, 15) is 13.7 Å². The van der Waals surface area contributed by atoms with Crippen LogP contribution in [0.1, 0.15) is 16.8 Å². The molecule has 0 aliphatic rings. The van der Waals surface area contributed by atoms with Crippen molar-refractivity contribution in [3.8, 4) is 17.7 Å². The molecule has 7 nitrogen and oxygen atoms in total. The van der Waals surface area contributed by atoms with E-state index in [0.717, 1.165) is 10.8 Å². The lowest BCUT2D eigenvalue weighted by atomic mass is 10.1. The van der Waals surface area contributed by atoms with Gasteiger partial charge in [-0.3, -0.25) is 4.31 Å². The Hall–Kier alpha value is -3.96. The number of benzene rings is 3. The Morgan fingerprint density at radius 3 is 2.31 bits per heavy atom. The van der Waals surface area contributed by atoms with Gasteiger partial charge in [0, 0.05) is 7.05 Å². The van der Waals surface area contributed by atoms with Crippen LogP contribution in [0.3, 0.4) is 0 Å². The van der Waals surface area contributed by atoms with Gasteiger partial charge in [0.1, 0.15) is 17.4 Å². The van der Waals surface area contributed by atoms with Crippen molar-refractivity contribution in [3.05, 3.63) is 83.6 Å². The van der Waals surface area contributed by atoms with Crippen LogP contribution in [0.2, 0.25) is 0 Å². The fraction of sp³-hybridized carbons (Fsp3) is 0.125. The Balaban J connectivity index is 1.59. The number of ether oxygens (including phenoxy) is 1. The Kier molecular flexibility index (Phi) is 5.51. The van der Waals surface area contributed by atoms with Crippen molar-refractivity contribution in [2.75, 3.05) is 11.4 Å². The van der Waals surface area contributed by atoms with Gasteiger partial charge in [0.25, 0.3) is 15.9 Å². The summed E-state index contributed by atoms with van der Waals surface area (Å²) in [5.41, 5.74) is 2.15. The summed E-state index contributed by atoms with van der Waals surface area (Å²) in [6.45, 7) is 3.55. The first-order valence-corrected chi connectivity index (χ1v) is 11.2. The molecule has 3 aromatic carbocycles. The molecule has 160 valence electrons. The molecule has 0 N–H and O–H groups in total. The summed E-state index contributed by atoms with van der Waals surface area (Å²) in [4.78, 5) is 0.211. The van der Waals surface area contributed by atoms with Crippen LogP contribution in [-0.2, 0) is 10.0 Å². The first-order valence-electron chi connectivity index (χ1n) is 9.81. The molecule has 32 heavy (non-hydrogen) atoms. The highest BCUT2D eigenvalue weighted by Crippen LogP contribution is 2.29. The second kappa shape index (κ2) is 8.29. The van der Waals surface area contributed by atoms with E-state index in [1.165, 1.54) is 11.4 Å². The summed E-state index contributed by atoms with van der Waals surface area (Å²) in [6.07, 6.45) is 0. The SMILES string of the molecule is Cc1nnc(Oc2ccc(N(C)S(=O)(=O)c3ccc4ccccc4c3)cc2)c(C#N)c1C. The summed E-state index contributed by atoms with van der Waals surface area (Å²) in [5.74, 6) is 0.528. The maximum absolute atomic E-state index is 13.1. The minimum atomic E-state index is -3.75. The van der Waals surface area contributed by atoms with E-state index >= 15 is 0 Å². The molecule has 4 rings (SSSR count). The monoisotopic (exact) mass is 444 g/mol. The molecule has 0 bridgehead atoms. The van der Waals surface area contributed by atoms with Gasteiger partial charge < -0.3 is 4.74 Å². The lowest BCUT2D eigenvalue weighted by Gasteiger charge is -2.20. The van der Waals surface area contributed by atoms with E-state index in [1.807, 2.05) is 24.3 Å². The zero-order chi connectivity index (χ0) is 22.9. The Morgan fingerprint density at radius 1 is 0.938 bits per heavy atom. The molecule has 0 spiro atoms. The van der Waals surface area contributed by atoms with E-state index in [2.05, 4.69) is 16.3 Å². The van der Waals surface area contributed by atoms with E-state index in [0.29, 0.717) is 28.3 Å². The molecule has 8 heteroatoms. The normalized spacial score (nSPS) is 11.2. The van der Waals surface area contributed by atoms with E-state index < -0.39 is 10.0 Å². The van der Waals surface area contributed by atoms with Crippen LogP contribution in [0, 0.1) is 25.2 Å². The molecule has 0 radical (unpaired) electrons. The molecule has 0 saturated heterocycles. The quantitative estimate of drug-likeness (QED) is 0.441. The van der Waals surface area contributed by atoms with Gasteiger partial charge in [0.05, 0.1) is 16.3 Å². The maximum atomic E-state index is 13.1. The van der Waals surface area contributed by atoms with E-state index in [-0.39, 0.29) is 10.8 Å². The summed E-state index contributed by atoms with van der Waals surface area (Å²) in [5, 5.41) is 19.2. The van der Waals surface area contributed by atoms with Crippen LogP contribution in [-0.4, -0.2) is 25.7 Å². The molecule has 0 atom stereocenters.